The van der Waals surface area contributed by atoms with E-state index in [1.165, 1.54) is 18.2 Å². The molecule has 0 radical (unpaired) electrons. The molecule has 0 amide bonds. The number of hydrogen-bond donors (Lipinski definition) is 0. The molecule has 0 N–H and O–H groups in total. The van der Waals surface area contributed by atoms with Crippen molar-refractivity contribution in [3.8, 4) is 0 Å². The Morgan fingerprint density at radius 2 is 1.84 bits per heavy atom. The summed E-state index contributed by atoms with van der Waals surface area (Å²) in [5, 5.41) is 0. The lowest BCUT2D eigenvalue weighted by Gasteiger charge is -2.37. The number of hydrogen-bond acceptors (Lipinski definition) is 2. The fourth-order valence-electron chi connectivity index (χ4n) is 2.67. The first-order valence-corrected chi connectivity index (χ1v) is 8.56. The highest BCUT2D eigenvalue weighted by Crippen LogP contribution is 2.32. The molecule has 1 aliphatic heterocycles. The summed E-state index contributed by atoms with van der Waals surface area (Å²) in [7, 11) is -3.59. The van der Waals surface area contributed by atoms with Gasteiger partial charge < -0.3 is 0 Å². The summed E-state index contributed by atoms with van der Waals surface area (Å²) in [5.74, 6) is -0.453. The van der Waals surface area contributed by atoms with E-state index < -0.39 is 15.8 Å². The van der Waals surface area contributed by atoms with Gasteiger partial charge >= 0.3 is 0 Å². The van der Waals surface area contributed by atoms with Gasteiger partial charge in [-0.15, -0.1) is 0 Å². The number of piperidine rings is 1. The van der Waals surface area contributed by atoms with Gasteiger partial charge in [0.1, 0.15) is 5.82 Å². The van der Waals surface area contributed by atoms with Crippen molar-refractivity contribution in [3.63, 3.8) is 0 Å². The van der Waals surface area contributed by atoms with Crippen LogP contribution in [0.25, 0.3) is 0 Å². The van der Waals surface area contributed by atoms with E-state index >= 15 is 0 Å². The average Bonchev–Trinajstić information content (AvgIpc) is 2.27. The number of benzene rings is 1. The fraction of sp³-hybridized carbons (Fsp3) is 0.538. The van der Waals surface area contributed by atoms with Gasteiger partial charge in [-0.1, -0.05) is 6.42 Å². The molecular weight excluding hydrogens is 333 g/mol. The third kappa shape index (κ3) is 2.85. The maximum Gasteiger partial charge on any atom is 0.244 e. The third-order valence-corrected chi connectivity index (χ3v) is 6.67. The predicted octanol–water partition coefficient (Wildman–Crippen LogP) is 3.54. The minimum atomic E-state index is -3.59. The average molecular weight is 350 g/mol. The molecule has 3 nitrogen and oxygen atoms in total. The van der Waals surface area contributed by atoms with Gasteiger partial charge in [-0.3, -0.25) is 0 Å². The van der Waals surface area contributed by atoms with Crippen LogP contribution in [0.15, 0.2) is 27.6 Å². The van der Waals surface area contributed by atoms with Crippen molar-refractivity contribution in [1.82, 2.24) is 4.31 Å². The molecule has 0 aliphatic carbocycles. The smallest absolute Gasteiger partial charge is 0.207 e. The Morgan fingerprint density at radius 3 is 2.37 bits per heavy atom. The molecular formula is C13H17BrFNO2S. The second-order valence-corrected chi connectivity index (χ2v) is 7.70. The molecule has 1 aromatic rings. The van der Waals surface area contributed by atoms with Gasteiger partial charge in [0.2, 0.25) is 10.0 Å². The van der Waals surface area contributed by atoms with Crippen molar-refractivity contribution in [3.05, 3.63) is 28.5 Å². The minimum absolute atomic E-state index is 0.0225. The molecule has 1 saturated heterocycles. The summed E-state index contributed by atoms with van der Waals surface area (Å²) >= 11 is 3.14. The summed E-state index contributed by atoms with van der Waals surface area (Å²) < 4.78 is 40.3. The molecule has 6 heteroatoms. The molecule has 1 aliphatic rings. The summed E-state index contributed by atoms with van der Waals surface area (Å²) in [6, 6.07) is 3.64. The van der Waals surface area contributed by atoms with Gasteiger partial charge in [0.15, 0.2) is 0 Å². The van der Waals surface area contributed by atoms with Crippen molar-refractivity contribution in [2.45, 2.75) is 50.1 Å². The predicted molar refractivity (Wildman–Crippen MR) is 75.9 cm³/mol. The molecule has 2 rings (SSSR count). The Labute approximate surface area is 122 Å². The first-order valence-electron chi connectivity index (χ1n) is 6.32. The molecule has 0 bridgehead atoms. The standard InChI is InChI=1S/C13H17BrFNO2S/c1-9-4-3-5-10(2)16(9)19(17,18)13-7-6-11(15)8-12(13)14/h6-10H,3-5H2,1-2H3/t9-,10+. The van der Waals surface area contributed by atoms with Crippen molar-refractivity contribution in [2.75, 3.05) is 0 Å². The van der Waals surface area contributed by atoms with Crippen LogP contribution in [-0.2, 0) is 10.0 Å². The third-order valence-electron chi connectivity index (χ3n) is 3.56. The highest BCUT2D eigenvalue weighted by Gasteiger charge is 2.36. The van der Waals surface area contributed by atoms with E-state index in [4.69, 9.17) is 0 Å². The lowest BCUT2D eigenvalue weighted by Crippen LogP contribution is -2.47. The Morgan fingerprint density at radius 1 is 1.26 bits per heavy atom. The largest absolute Gasteiger partial charge is 0.244 e. The van der Waals surface area contributed by atoms with Gasteiger partial charge in [-0.05, 0) is 60.8 Å². The van der Waals surface area contributed by atoms with Crippen LogP contribution in [0.1, 0.15) is 33.1 Å². The molecule has 19 heavy (non-hydrogen) atoms. The topological polar surface area (TPSA) is 37.4 Å². The molecule has 1 fully saturated rings. The normalized spacial score (nSPS) is 25.5. The number of sulfonamides is 1. The molecule has 0 aromatic heterocycles. The van der Waals surface area contributed by atoms with E-state index in [9.17, 15) is 12.8 Å². The Bertz CT molecular complexity index is 566. The number of nitrogens with zero attached hydrogens (tertiary/aromatic N) is 1. The first-order chi connectivity index (χ1) is 8.84. The van der Waals surface area contributed by atoms with E-state index in [1.54, 1.807) is 4.31 Å². The van der Waals surface area contributed by atoms with Crippen LogP contribution in [0.3, 0.4) is 0 Å². The van der Waals surface area contributed by atoms with Crippen LogP contribution in [0.2, 0.25) is 0 Å². The first kappa shape index (κ1) is 14.9. The van der Waals surface area contributed by atoms with Gasteiger partial charge in [-0.2, -0.15) is 4.31 Å². The maximum absolute atomic E-state index is 13.1. The van der Waals surface area contributed by atoms with Crippen LogP contribution in [0.5, 0.6) is 0 Å². The summed E-state index contributed by atoms with van der Waals surface area (Å²) in [6.45, 7) is 3.84. The number of rotatable bonds is 2. The minimum Gasteiger partial charge on any atom is -0.207 e. The second kappa shape index (κ2) is 5.50. The number of halogens is 2. The Balaban J connectivity index is 2.46. The summed E-state index contributed by atoms with van der Waals surface area (Å²) in [6.07, 6.45) is 2.77. The van der Waals surface area contributed by atoms with Crippen molar-refractivity contribution in [1.29, 1.82) is 0 Å². The van der Waals surface area contributed by atoms with Crippen LogP contribution >= 0.6 is 15.9 Å². The lowest BCUT2D eigenvalue weighted by molar-refractivity contribution is 0.204. The van der Waals surface area contributed by atoms with E-state index in [1.807, 2.05) is 13.8 Å². The van der Waals surface area contributed by atoms with Crippen LogP contribution in [0.4, 0.5) is 4.39 Å². The quantitative estimate of drug-likeness (QED) is 0.818. The summed E-state index contributed by atoms with van der Waals surface area (Å²) in [4.78, 5) is 0.134. The van der Waals surface area contributed by atoms with Crippen molar-refractivity contribution < 1.29 is 12.8 Å². The summed E-state index contributed by atoms with van der Waals surface area (Å²) in [5.41, 5.74) is 0. The van der Waals surface area contributed by atoms with Crippen LogP contribution in [0, 0.1) is 5.82 Å². The maximum atomic E-state index is 13.1. The Kier molecular flexibility index (Phi) is 4.32. The van der Waals surface area contributed by atoms with Gasteiger partial charge in [0.25, 0.3) is 0 Å². The molecule has 0 spiro atoms. The van der Waals surface area contributed by atoms with Crippen molar-refractivity contribution >= 4 is 26.0 Å². The van der Waals surface area contributed by atoms with Gasteiger partial charge in [0.05, 0.1) is 4.90 Å². The van der Waals surface area contributed by atoms with Gasteiger partial charge in [-0.25, -0.2) is 12.8 Å². The van der Waals surface area contributed by atoms with Crippen LogP contribution in [-0.4, -0.2) is 24.8 Å². The zero-order valence-electron chi connectivity index (χ0n) is 10.9. The van der Waals surface area contributed by atoms with E-state index in [0.29, 0.717) is 0 Å². The molecule has 2 atom stereocenters. The molecule has 0 saturated carbocycles. The molecule has 106 valence electrons. The van der Waals surface area contributed by atoms with E-state index in [2.05, 4.69) is 15.9 Å². The zero-order chi connectivity index (χ0) is 14.2. The molecule has 0 unspecified atom stereocenters. The van der Waals surface area contributed by atoms with Crippen LogP contribution < -0.4 is 0 Å². The fourth-order valence-corrected chi connectivity index (χ4v) is 5.56. The van der Waals surface area contributed by atoms with Gasteiger partial charge in [0, 0.05) is 16.6 Å². The SMILES string of the molecule is C[C@@H]1CCC[C@H](C)N1S(=O)(=O)c1ccc(F)cc1Br. The molecule has 1 heterocycles. The molecule has 1 aromatic carbocycles. The highest BCUT2D eigenvalue weighted by atomic mass is 79.9. The van der Waals surface area contributed by atoms with E-state index in [-0.39, 0.29) is 21.5 Å². The zero-order valence-corrected chi connectivity index (χ0v) is 13.3. The second-order valence-electron chi connectivity index (χ2n) is 5.04. The van der Waals surface area contributed by atoms with E-state index in [0.717, 1.165) is 19.3 Å². The lowest BCUT2D eigenvalue weighted by atomic mass is 10.0. The highest BCUT2D eigenvalue weighted by molar-refractivity contribution is 9.10. The monoisotopic (exact) mass is 349 g/mol. The Hall–Kier alpha value is -0.460. The van der Waals surface area contributed by atoms with Crippen molar-refractivity contribution in [2.24, 2.45) is 0 Å².